The molecule has 0 spiro atoms. The molecule has 0 aromatic carbocycles. The van der Waals surface area contributed by atoms with Gasteiger partial charge in [0, 0.05) is 6.54 Å². The Morgan fingerprint density at radius 2 is 2.00 bits per heavy atom. The fourth-order valence-corrected chi connectivity index (χ4v) is 1.33. The van der Waals surface area contributed by atoms with Crippen LogP contribution in [0.25, 0.3) is 0 Å². The van der Waals surface area contributed by atoms with Crippen LogP contribution in [0.2, 0.25) is 5.28 Å². The number of hydrogen-bond donors (Lipinski definition) is 2. The third kappa shape index (κ3) is 4.33. The molecule has 0 bridgehead atoms. The standard InChI is InChI=1S/C10H16ClN5O2/c1-4-12-9-14-8(11)15-10(16-9)13-6(3)7(17)18-5-2/h6H,4-5H2,1-3H3,(H2,12,13,14,15,16). The van der Waals surface area contributed by atoms with E-state index in [1.165, 1.54) is 0 Å². The molecule has 0 saturated carbocycles. The van der Waals surface area contributed by atoms with Gasteiger partial charge in [0.1, 0.15) is 6.04 Å². The molecule has 0 radical (unpaired) electrons. The topological polar surface area (TPSA) is 89.0 Å². The number of halogens is 1. The molecule has 8 heteroatoms. The predicted molar refractivity (Wildman–Crippen MR) is 68.7 cm³/mol. The minimum atomic E-state index is -0.558. The van der Waals surface area contributed by atoms with E-state index < -0.39 is 6.04 Å². The highest BCUT2D eigenvalue weighted by Gasteiger charge is 2.15. The van der Waals surface area contributed by atoms with Crippen LogP contribution in [0, 0.1) is 0 Å². The van der Waals surface area contributed by atoms with Crippen molar-refractivity contribution in [2.75, 3.05) is 23.8 Å². The Labute approximate surface area is 110 Å². The van der Waals surface area contributed by atoms with Crippen molar-refractivity contribution >= 4 is 29.5 Å². The van der Waals surface area contributed by atoms with Crippen LogP contribution < -0.4 is 10.6 Å². The van der Waals surface area contributed by atoms with Gasteiger partial charge in [0.25, 0.3) is 0 Å². The molecule has 1 atom stereocenters. The van der Waals surface area contributed by atoms with Gasteiger partial charge >= 0.3 is 5.97 Å². The van der Waals surface area contributed by atoms with Crippen LogP contribution in [0.1, 0.15) is 20.8 Å². The Balaban J connectivity index is 2.74. The monoisotopic (exact) mass is 273 g/mol. The molecule has 1 aromatic heterocycles. The van der Waals surface area contributed by atoms with Gasteiger partial charge in [-0.3, -0.25) is 0 Å². The highest BCUT2D eigenvalue weighted by Crippen LogP contribution is 2.10. The lowest BCUT2D eigenvalue weighted by molar-refractivity contribution is -0.143. The van der Waals surface area contributed by atoms with Gasteiger partial charge in [0.05, 0.1) is 6.61 Å². The number of nitrogens with one attached hydrogen (secondary N) is 2. The van der Waals surface area contributed by atoms with Crippen molar-refractivity contribution in [2.24, 2.45) is 0 Å². The highest BCUT2D eigenvalue weighted by atomic mass is 35.5. The Hall–Kier alpha value is -1.63. The molecule has 2 N–H and O–H groups in total. The van der Waals surface area contributed by atoms with Crippen LogP contribution in [-0.4, -0.2) is 40.1 Å². The normalized spacial score (nSPS) is 11.8. The lowest BCUT2D eigenvalue weighted by Crippen LogP contribution is -2.29. The summed E-state index contributed by atoms with van der Waals surface area (Å²) in [7, 11) is 0. The summed E-state index contributed by atoms with van der Waals surface area (Å²) in [5, 5.41) is 5.77. The Morgan fingerprint density at radius 3 is 2.61 bits per heavy atom. The quantitative estimate of drug-likeness (QED) is 0.756. The predicted octanol–water partition coefficient (Wildman–Crippen LogP) is 1.32. The molecule has 0 aliphatic rings. The number of anilines is 2. The largest absolute Gasteiger partial charge is 0.464 e. The van der Waals surface area contributed by atoms with E-state index >= 15 is 0 Å². The molecule has 18 heavy (non-hydrogen) atoms. The van der Waals surface area contributed by atoms with Gasteiger partial charge in [-0.1, -0.05) is 0 Å². The molecular formula is C10H16ClN5O2. The molecule has 1 heterocycles. The molecule has 1 rings (SSSR count). The Kier molecular flexibility index (Phi) is 5.57. The third-order valence-electron chi connectivity index (χ3n) is 1.93. The molecule has 100 valence electrons. The number of aromatic nitrogens is 3. The first-order valence-corrected chi connectivity index (χ1v) is 6.03. The molecule has 0 amide bonds. The van der Waals surface area contributed by atoms with Crippen molar-refractivity contribution in [1.29, 1.82) is 0 Å². The zero-order valence-corrected chi connectivity index (χ0v) is 11.3. The van der Waals surface area contributed by atoms with Crippen molar-refractivity contribution in [3.05, 3.63) is 5.28 Å². The van der Waals surface area contributed by atoms with Gasteiger partial charge in [0.2, 0.25) is 17.2 Å². The Morgan fingerprint density at radius 1 is 1.33 bits per heavy atom. The van der Waals surface area contributed by atoms with E-state index in [-0.39, 0.29) is 17.2 Å². The minimum Gasteiger partial charge on any atom is -0.464 e. The molecule has 1 aromatic rings. The summed E-state index contributed by atoms with van der Waals surface area (Å²) < 4.78 is 4.86. The molecule has 7 nitrogen and oxygen atoms in total. The zero-order chi connectivity index (χ0) is 13.5. The first-order valence-electron chi connectivity index (χ1n) is 5.65. The number of hydrogen-bond acceptors (Lipinski definition) is 7. The van der Waals surface area contributed by atoms with E-state index in [9.17, 15) is 4.79 Å². The number of ether oxygens (including phenoxy) is 1. The summed E-state index contributed by atoms with van der Waals surface area (Å²) in [5.41, 5.74) is 0. The van der Waals surface area contributed by atoms with Crippen LogP contribution in [0.4, 0.5) is 11.9 Å². The van der Waals surface area contributed by atoms with E-state index in [0.717, 1.165) is 0 Å². The molecule has 0 fully saturated rings. The fourth-order valence-electron chi connectivity index (χ4n) is 1.17. The van der Waals surface area contributed by atoms with Crippen molar-refractivity contribution in [3.8, 4) is 0 Å². The fraction of sp³-hybridized carbons (Fsp3) is 0.600. The maximum absolute atomic E-state index is 11.4. The average Bonchev–Trinajstić information content (AvgIpc) is 2.28. The van der Waals surface area contributed by atoms with E-state index in [1.807, 2.05) is 6.92 Å². The van der Waals surface area contributed by atoms with E-state index in [1.54, 1.807) is 13.8 Å². The zero-order valence-electron chi connectivity index (χ0n) is 10.5. The summed E-state index contributed by atoms with van der Waals surface area (Å²) in [6.07, 6.45) is 0. The number of rotatable bonds is 6. The second-order valence-corrected chi connectivity index (χ2v) is 3.74. The van der Waals surface area contributed by atoms with Gasteiger partial charge in [0.15, 0.2) is 0 Å². The van der Waals surface area contributed by atoms with Crippen molar-refractivity contribution in [3.63, 3.8) is 0 Å². The van der Waals surface area contributed by atoms with Gasteiger partial charge in [-0.2, -0.15) is 15.0 Å². The molecule has 0 aliphatic heterocycles. The summed E-state index contributed by atoms with van der Waals surface area (Å²) >= 11 is 5.75. The maximum Gasteiger partial charge on any atom is 0.328 e. The maximum atomic E-state index is 11.4. The van der Waals surface area contributed by atoms with E-state index in [4.69, 9.17) is 16.3 Å². The third-order valence-corrected chi connectivity index (χ3v) is 2.10. The van der Waals surface area contributed by atoms with Crippen LogP contribution in [0.5, 0.6) is 0 Å². The van der Waals surface area contributed by atoms with Crippen LogP contribution in [0.15, 0.2) is 0 Å². The molecular weight excluding hydrogens is 258 g/mol. The molecule has 0 saturated heterocycles. The summed E-state index contributed by atoms with van der Waals surface area (Å²) in [4.78, 5) is 23.3. The van der Waals surface area contributed by atoms with E-state index in [0.29, 0.717) is 19.1 Å². The van der Waals surface area contributed by atoms with Gasteiger partial charge in [-0.05, 0) is 32.4 Å². The second kappa shape index (κ2) is 6.95. The smallest absolute Gasteiger partial charge is 0.328 e. The first kappa shape index (κ1) is 14.4. The van der Waals surface area contributed by atoms with Crippen molar-refractivity contribution < 1.29 is 9.53 Å². The van der Waals surface area contributed by atoms with Crippen LogP contribution in [-0.2, 0) is 9.53 Å². The number of carbonyl (C=O) groups is 1. The second-order valence-electron chi connectivity index (χ2n) is 3.40. The lowest BCUT2D eigenvalue weighted by atomic mass is 10.3. The summed E-state index contributed by atoms with van der Waals surface area (Å²) in [5.74, 6) is 0.210. The SMILES string of the molecule is CCNc1nc(Cl)nc(NC(C)C(=O)OCC)n1. The van der Waals surface area contributed by atoms with Crippen molar-refractivity contribution in [1.82, 2.24) is 15.0 Å². The average molecular weight is 274 g/mol. The molecule has 0 aliphatic carbocycles. The van der Waals surface area contributed by atoms with Gasteiger partial charge in [-0.15, -0.1) is 0 Å². The Bertz CT molecular complexity index is 415. The minimum absolute atomic E-state index is 0.0551. The number of esters is 1. The number of nitrogens with zero attached hydrogens (tertiary/aromatic N) is 3. The summed E-state index contributed by atoms with van der Waals surface area (Å²) in [6, 6.07) is -0.558. The van der Waals surface area contributed by atoms with Gasteiger partial charge < -0.3 is 15.4 Å². The van der Waals surface area contributed by atoms with Crippen LogP contribution in [0.3, 0.4) is 0 Å². The van der Waals surface area contributed by atoms with Crippen LogP contribution >= 0.6 is 11.6 Å². The highest BCUT2D eigenvalue weighted by molar-refractivity contribution is 6.28. The van der Waals surface area contributed by atoms with E-state index in [2.05, 4.69) is 25.6 Å². The number of carbonyl (C=O) groups excluding carboxylic acids is 1. The van der Waals surface area contributed by atoms with Gasteiger partial charge in [-0.25, -0.2) is 4.79 Å². The summed E-state index contributed by atoms with van der Waals surface area (Å²) in [6.45, 7) is 6.29. The first-order chi connectivity index (χ1) is 8.56. The molecule has 1 unspecified atom stereocenters. The lowest BCUT2D eigenvalue weighted by Gasteiger charge is -2.13. The van der Waals surface area contributed by atoms with Crippen molar-refractivity contribution in [2.45, 2.75) is 26.8 Å².